The maximum absolute atomic E-state index is 13.3. The first-order chi connectivity index (χ1) is 13.4. The molecule has 7 heteroatoms. The van der Waals surface area contributed by atoms with Gasteiger partial charge in [0.05, 0.1) is 0 Å². The first-order valence-electron chi connectivity index (χ1n) is 9.29. The number of nitrogens with zero attached hydrogens (tertiary/aromatic N) is 1. The van der Waals surface area contributed by atoms with E-state index in [1.165, 1.54) is 24.3 Å². The fraction of sp³-hybridized carbons (Fsp3) is 0.333. The van der Waals surface area contributed by atoms with Crippen molar-refractivity contribution in [3.8, 4) is 0 Å². The van der Waals surface area contributed by atoms with Gasteiger partial charge in [0.25, 0.3) is 0 Å². The lowest BCUT2D eigenvalue weighted by Gasteiger charge is -2.17. The molecule has 0 radical (unpaired) electrons. The highest BCUT2D eigenvalue weighted by molar-refractivity contribution is 5.95. The van der Waals surface area contributed by atoms with E-state index in [4.69, 9.17) is 0 Å². The van der Waals surface area contributed by atoms with Crippen LogP contribution in [0.25, 0.3) is 0 Å². The molecule has 1 saturated carbocycles. The molecule has 3 amide bonds. The number of urea groups is 1. The summed E-state index contributed by atoms with van der Waals surface area (Å²) in [5.74, 6) is -1.04. The molecule has 1 spiro atoms. The third kappa shape index (κ3) is 3.83. The second-order valence-electron chi connectivity index (χ2n) is 7.58. The number of carbonyl (C=O) groups is 2. The van der Waals surface area contributed by atoms with Gasteiger partial charge in [0.2, 0.25) is 5.91 Å². The lowest BCUT2D eigenvalue weighted by molar-refractivity contribution is -0.118. The van der Waals surface area contributed by atoms with Crippen LogP contribution in [0, 0.1) is 23.0 Å². The van der Waals surface area contributed by atoms with E-state index in [0.29, 0.717) is 24.3 Å². The molecule has 1 saturated heterocycles. The molecule has 2 aromatic rings. The summed E-state index contributed by atoms with van der Waals surface area (Å²) in [6.45, 7) is 1.35. The fourth-order valence-electron chi connectivity index (χ4n) is 3.97. The number of amides is 3. The van der Waals surface area contributed by atoms with Crippen LogP contribution in [0.2, 0.25) is 0 Å². The highest BCUT2D eigenvalue weighted by Crippen LogP contribution is 2.58. The summed E-state index contributed by atoms with van der Waals surface area (Å²) < 4.78 is 26.5. The first-order valence-corrected chi connectivity index (χ1v) is 9.29. The fourth-order valence-corrected chi connectivity index (χ4v) is 3.97. The van der Waals surface area contributed by atoms with Gasteiger partial charge in [-0.1, -0.05) is 18.2 Å². The summed E-state index contributed by atoms with van der Waals surface area (Å²) in [7, 11) is 0. The van der Waals surface area contributed by atoms with Gasteiger partial charge in [-0.15, -0.1) is 0 Å². The average Bonchev–Trinajstić information content (AvgIpc) is 3.20. The first kappa shape index (κ1) is 18.4. The Labute approximate surface area is 161 Å². The van der Waals surface area contributed by atoms with Crippen molar-refractivity contribution in [2.45, 2.75) is 19.4 Å². The minimum Gasteiger partial charge on any atom is -0.334 e. The Morgan fingerprint density at radius 1 is 1.11 bits per heavy atom. The Morgan fingerprint density at radius 3 is 2.61 bits per heavy atom. The number of hydrogen-bond acceptors (Lipinski definition) is 2. The Kier molecular flexibility index (Phi) is 4.75. The quantitative estimate of drug-likeness (QED) is 0.846. The van der Waals surface area contributed by atoms with Crippen LogP contribution in [0.5, 0.6) is 0 Å². The standard InChI is InChI=1S/C21H21F2N3O2/c22-15-4-1-3-14(9-15)12-24-20(28)26-8-7-21(13-26)11-18(21)19(27)25-17-6-2-5-16(23)10-17/h1-6,9-10,18H,7-8,11-13H2,(H,24,28)(H,25,27)/t18-,21+/m1/s1. The van der Waals surface area contributed by atoms with Crippen molar-refractivity contribution >= 4 is 17.6 Å². The minimum absolute atomic E-state index is 0.132. The topological polar surface area (TPSA) is 61.4 Å². The van der Waals surface area contributed by atoms with Crippen LogP contribution >= 0.6 is 0 Å². The zero-order valence-electron chi connectivity index (χ0n) is 15.3. The van der Waals surface area contributed by atoms with E-state index in [1.54, 1.807) is 29.2 Å². The van der Waals surface area contributed by atoms with E-state index < -0.39 is 5.82 Å². The SMILES string of the molecule is O=C(Nc1cccc(F)c1)[C@H]1C[C@]12CCN(C(=O)NCc1cccc(F)c1)C2. The predicted octanol–water partition coefficient (Wildman–Crippen LogP) is 3.53. The number of likely N-dealkylation sites (tertiary alicyclic amines) is 1. The summed E-state index contributed by atoms with van der Waals surface area (Å²) >= 11 is 0. The van der Waals surface area contributed by atoms with Crippen LogP contribution in [0.1, 0.15) is 18.4 Å². The molecule has 0 bridgehead atoms. The highest BCUT2D eigenvalue weighted by Gasteiger charge is 2.61. The van der Waals surface area contributed by atoms with Crippen LogP contribution in [-0.2, 0) is 11.3 Å². The van der Waals surface area contributed by atoms with Gasteiger partial charge in [-0.05, 0) is 48.7 Å². The van der Waals surface area contributed by atoms with Gasteiger partial charge >= 0.3 is 6.03 Å². The van der Waals surface area contributed by atoms with E-state index in [0.717, 1.165) is 12.8 Å². The van der Waals surface area contributed by atoms with Gasteiger partial charge < -0.3 is 15.5 Å². The molecule has 4 rings (SSSR count). The summed E-state index contributed by atoms with van der Waals surface area (Å²) in [4.78, 5) is 26.6. The molecule has 2 atom stereocenters. The van der Waals surface area contributed by atoms with E-state index in [2.05, 4.69) is 10.6 Å². The van der Waals surface area contributed by atoms with Gasteiger partial charge in [0.15, 0.2) is 0 Å². The molecular formula is C21H21F2N3O2. The molecular weight excluding hydrogens is 364 g/mol. The third-order valence-electron chi connectivity index (χ3n) is 5.60. The molecule has 5 nitrogen and oxygen atoms in total. The van der Waals surface area contributed by atoms with E-state index in [-0.39, 0.29) is 35.6 Å². The maximum Gasteiger partial charge on any atom is 0.317 e. The molecule has 1 aliphatic heterocycles. The maximum atomic E-state index is 13.3. The van der Waals surface area contributed by atoms with Crippen LogP contribution in [0.3, 0.4) is 0 Å². The second-order valence-corrected chi connectivity index (χ2v) is 7.58. The van der Waals surface area contributed by atoms with Gasteiger partial charge in [-0.25, -0.2) is 13.6 Å². The predicted molar refractivity (Wildman–Crippen MR) is 100 cm³/mol. The minimum atomic E-state index is -0.398. The number of hydrogen-bond donors (Lipinski definition) is 2. The molecule has 0 aromatic heterocycles. The van der Waals surface area contributed by atoms with Crippen molar-refractivity contribution in [2.75, 3.05) is 18.4 Å². The second kappa shape index (κ2) is 7.22. The number of rotatable bonds is 4. The molecule has 1 heterocycles. The van der Waals surface area contributed by atoms with Crippen LogP contribution in [0.4, 0.5) is 19.3 Å². The average molecular weight is 385 g/mol. The van der Waals surface area contributed by atoms with Crippen molar-refractivity contribution in [1.82, 2.24) is 10.2 Å². The van der Waals surface area contributed by atoms with E-state index in [1.807, 2.05) is 0 Å². The van der Waals surface area contributed by atoms with Gasteiger partial charge in [0, 0.05) is 36.7 Å². The monoisotopic (exact) mass is 385 g/mol. The van der Waals surface area contributed by atoms with Crippen molar-refractivity contribution in [3.63, 3.8) is 0 Å². The van der Waals surface area contributed by atoms with Gasteiger partial charge in [0.1, 0.15) is 11.6 Å². The molecule has 1 aliphatic carbocycles. The normalized spacial score (nSPS) is 22.9. The largest absolute Gasteiger partial charge is 0.334 e. The van der Waals surface area contributed by atoms with Crippen LogP contribution in [-0.4, -0.2) is 29.9 Å². The number of benzene rings is 2. The Balaban J connectivity index is 1.29. The number of nitrogens with one attached hydrogen (secondary N) is 2. The number of anilines is 1. The number of halogens is 2. The summed E-state index contributed by atoms with van der Waals surface area (Å²) in [6.07, 6.45) is 1.49. The molecule has 146 valence electrons. The molecule has 2 aliphatic rings. The smallest absolute Gasteiger partial charge is 0.317 e. The van der Waals surface area contributed by atoms with Crippen molar-refractivity contribution in [3.05, 3.63) is 65.7 Å². The molecule has 2 N–H and O–H groups in total. The molecule has 2 aromatic carbocycles. The zero-order valence-corrected chi connectivity index (χ0v) is 15.3. The Bertz CT molecular complexity index is 920. The highest BCUT2D eigenvalue weighted by atomic mass is 19.1. The summed E-state index contributed by atoms with van der Waals surface area (Å²) in [6, 6.07) is 11.7. The zero-order chi connectivity index (χ0) is 19.7. The molecule has 0 unspecified atom stereocenters. The Morgan fingerprint density at radius 2 is 1.86 bits per heavy atom. The van der Waals surface area contributed by atoms with Crippen LogP contribution < -0.4 is 10.6 Å². The van der Waals surface area contributed by atoms with E-state index >= 15 is 0 Å². The van der Waals surface area contributed by atoms with E-state index in [9.17, 15) is 18.4 Å². The summed E-state index contributed by atoms with van der Waals surface area (Å²) in [5, 5.41) is 5.56. The van der Waals surface area contributed by atoms with Crippen molar-refractivity contribution < 1.29 is 18.4 Å². The lowest BCUT2D eigenvalue weighted by Crippen LogP contribution is -2.38. The molecule has 2 fully saturated rings. The number of carbonyl (C=O) groups excluding carboxylic acids is 2. The van der Waals surface area contributed by atoms with Crippen molar-refractivity contribution in [2.24, 2.45) is 11.3 Å². The third-order valence-corrected chi connectivity index (χ3v) is 5.60. The van der Waals surface area contributed by atoms with Crippen molar-refractivity contribution in [1.29, 1.82) is 0 Å². The molecule has 28 heavy (non-hydrogen) atoms. The van der Waals surface area contributed by atoms with Gasteiger partial charge in [-0.2, -0.15) is 0 Å². The lowest BCUT2D eigenvalue weighted by atomic mass is 10.0. The van der Waals surface area contributed by atoms with Gasteiger partial charge in [-0.3, -0.25) is 4.79 Å². The summed E-state index contributed by atoms with van der Waals surface area (Å²) in [5.41, 5.74) is 0.948. The van der Waals surface area contributed by atoms with Crippen LogP contribution in [0.15, 0.2) is 48.5 Å². The Hall–Kier alpha value is -2.96.